The van der Waals surface area contributed by atoms with E-state index in [0.717, 1.165) is 25.7 Å². The number of unbranched alkanes of at least 4 members (excludes halogenated alkanes) is 2. The molecule has 0 spiro atoms. The number of aryl methyl sites for hydroxylation is 1. The van der Waals surface area contributed by atoms with Crippen LogP contribution in [-0.4, -0.2) is 16.4 Å². The molecule has 0 aliphatic heterocycles. The van der Waals surface area contributed by atoms with Gasteiger partial charge in [-0.1, -0.05) is 43.2 Å². The lowest BCUT2D eigenvalue weighted by Gasteiger charge is -2.07. The third-order valence-corrected chi connectivity index (χ3v) is 3.19. The first kappa shape index (κ1) is 14.1. The molecule has 0 aliphatic rings. The summed E-state index contributed by atoms with van der Waals surface area (Å²) in [6, 6.07) is 10.4. The third-order valence-electron chi connectivity index (χ3n) is 2.70. The fourth-order valence-electron chi connectivity index (χ4n) is 1.69. The first-order valence-electron chi connectivity index (χ1n) is 5.90. The Morgan fingerprint density at radius 1 is 1.24 bits per heavy atom. The fourth-order valence-corrected chi connectivity index (χ4v) is 1.93. The molecule has 1 aromatic carbocycles. The number of nitrogens with one attached hydrogen (secondary N) is 1. The SMILES string of the molecule is O=C(NO)C(S)CCCCCc1ccccc1. The van der Waals surface area contributed by atoms with Gasteiger partial charge in [0.2, 0.25) is 0 Å². The maximum atomic E-state index is 11.0. The molecule has 0 aliphatic carbocycles. The Labute approximate surface area is 108 Å². The predicted octanol–water partition coefficient (Wildman–Crippen LogP) is 2.59. The normalized spacial score (nSPS) is 12.1. The zero-order valence-electron chi connectivity index (χ0n) is 9.80. The van der Waals surface area contributed by atoms with Crippen molar-refractivity contribution in [1.29, 1.82) is 0 Å². The van der Waals surface area contributed by atoms with E-state index >= 15 is 0 Å². The summed E-state index contributed by atoms with van der Waals surface area (Å²) in [5, 5.41) is 8.00. The molecule has 17 heavy (non-hydrogen) atoms. The van der Waals surface area contributed by atoms with Crippen molar-refractivity contribution in [1.82, 2.24) is 5.48 Å². The molecule has 1 aromatic rings. The molecule has 4 heteroatoms. The van der Waals surface area contributed by atoms with Gasteiger partial charge in [-0.3, -0.25) is 10.0 Å². The maximum absolute atomic E-state index is 11.0. The number of carbonyl (C=O) groups excluding carboxylic acids is 1. The second kappa shape index (κ2) is 8.14. The Bertz CT molecular complexity index is 329. The van der Waals surface area contributed by atoms with Crippen LogP contribution in [0.2, 0.25) is 0 Å². The molecule has 0 radical (unpaired) electrons. The van der Waals surface area contributed by atoms with E-state index in [-0.39, 0.29) is 0 Å². The Morgan fingerprint density at radius 2 is 1.94 bits per heavy atom. The molecule has 2 N–H and O–H groups in total. The van der Waals surface area contributed by atoms with Crippen LogP contribution in [0.25, 0.3) is 0 Å². The van der Waals surface area contributed by atoms with Crippen molar-refractivity contribution in [2.45, 2.75) is 37.4 Å². The molecule has 0 saturated heterocycles. The molecule has 94 valence electrons. The zero-order valence-corrected chi connectivity index (χ0v) is 10.7. The second-order valence-electron chi connectivity index (χ2n) is 4.08. The van der Waals surface area contributed by atoms with Crippen LogP contribution in [0, 0.1) is 0 Å². The van der Waals surface area contributed by atoms with Gasteiger partial charge in [-0.2, -0.15) is 12.6 Å². The number of benzene rings is 1. The summed E-state index contributed by atoms with van der Waals surface area (Å²) in [7, 11) is 0. The molecular weight excluding hydrogens is 234 g/mol. The highest BCUT2D eigenvalue weighted by Gasteiger charge is 2.11. The second-order valence-corrected chi connectivity index (χ2v) is 4.70. The largest absolute Gasteiger partial charge is 0.289 e. The van der Waals surface area contributed by atoms with Crippen LogP contribution >= 0.6 is 12.6 Å². The summed E-state index contributed by atoms with van der Waals surface area (Å²) in [4.78, 5) is 11.0. The number of amides is 1. The summed E-state index contributed by atoms with van der Waals surface area (Å²) in [6.45, 7) is 0. The molecule has 1 amide bonds. The molecule has 0 heterocycles. The van der Waals surface area contributed by atoms with Crippen molar-refractivity contribution in [3.63, 3.8) is 0 Å². The maximum Gasteiger partial charge on any atom is 0.256 e. The number of hydrogen-bond donors (Lipinski definition) is 3. The van der Waals surface area contributed by atoms with Crippen LogP contribution in [0.3, 0.4) is 0 Å². The molecule has 0 fully saturated rings. The summed E-state index contributed by atoms with van der Waals surface area (Å²) >= 11 is 4.11. The van der Waals surface area contributed by atoms with Crippen molar-refractivity contribution >= 4 is 18.5 Å². The van der Waals surface area contributed by atoms with Gasteiger partial charge in [0.25, 0.3) is 5.91 Å². The lowest BCUT2D eigenvalue weighted by atomic mass is 10.1. The quantitative estimate of drug-likeness (QED) is 0.303. The van der Waals surface area contributed by atoms with Gasteiger partial charge in [0.15, 0.2) is 0 Å². The standard InChI is InChI=1S/C13H19NO2S/c15-13(14-16)12(17)10-6-2-5-9-11-7-3-1-4-8-11/h1,3-4,7-8,12,16-17H,2,5-6,9-10H2,(H,14,15). The predicted molar refractivity (Wildman–Crippen MR) is 71.3 cm³/mol. The van der Waals surface area contributed by atoms with E-state index in [0.29, 0.717) is 6.42 Å². The Morgan fingerprint density at radius 3 is 2.59 bits per heavy atom. The molecule has 0 bridgehead atoms. The number of hydroxylamine groups is 1. The van der Waals surface area contributed by atoms with E-state index in [2.05, 4.69) is 24.8 Å². The zero-order chi connectivity index (χ0) is 12.5. The molecule has 0 saturated carbocycles. The van der Waals surface area contributed by atoms with Gasteiger partial charge in [-0.05, 0) is 24.8 Å². The van der Waals surface area contributed by atoms with Gasteiger partial charge < -0.3 is 0 Å². The first-order valence-corrected chi connectivity index (χ1v) is 6.41. The van der Waals surface area contributed by atoms with Gasteiger partial charge in [0.05, 0.1) is 5.25 Å². The molecule has 3 nitrogen and oxygen atoms in total. The molecule has 1 rings (SSSR count). The lowest BCUT2D eigenvalue weighted by molar-refractivity contribution is -0.128. The minimum absolute atomic E-state index is 0.406. The first-order chi connectivity index (χ1) is 8.24. The van der Waals surface area contributed by atoms with E-state index < -0.39 is 11.2 Å². The lowest BCUT2D eigenvalue weighted by Crippen LogP contribution is -2.28. The highest BCUT2D eigenvalue weighted by atomic mass is 32.1. The Kier molecular flexibility index (Phi) is 6.74. The number of thiol groups is 1. The van der Waals surface area contributed by atoms with Gasteiger partial charge >= 0.3 is 0 Å². The number of carbonyl (C=O) groups is 1. The smallest absolute Gasteiger partial charge is 0.256 e. The highest BCUT2D eigenvalue weighted by molar-refractivity contribution is 7.81. The summed E-state index contributed by atoms with van der Waals surface area (Å²) < 4.78 is 0. The average Bonchev–Trinajstić information content (AvgIpc) is 2.38. The monoisotopic (exact) mass is 253 g/mol. The van der Waals surface area contributed by atoms with E-state index in [1.165, 1.54) is 5.56 Å². The number of rotatable bonds is 7. The Balaban J connectivity index is 2.07. The third kappa shape index (κ3) is 5.75. The van der Waals surface area contributed by atoms with E-state index in [1.54, 1.807) is 5.48 Å². The van der Waals surface area contributed by atoms with Gasteiger partial charge in [0.1, 0.15) is 0 Å². The van der Waals surface area contributed by atoms with Crippen molar-refractivity contribution in [2.75, 3.05) is 0 Å². The van der Waals surface area contributed by atoms with Crippen molar-refractivity contribution in [3.05, 3.63) is 35.9 Å². The van der Waals surface area contributed by atoms with Crippen LogP contribution in [0.15, 0.2) is 30.3 Å². The van der Waals surface area contributed by atoms with Gasteiger partial charge in [-0.15, -0.1) is 0 Å². The topological polar surface area (TPSA) is 49.3 Å². The number of hydrogen-bond acceptors (Lipinski definition) is 3. The minimum atomic E-state index is -0.420. The Hall–Kier alpha value is -1.00. The van der Waals surface area contributed by atoms with Gasteiger partial charge in [0, 0.05) is 0 Å². The summed E-state index contributed by atoms with van der Waals surface area (Å²) in [5.41, 5.74) is 2.97. The average molecular weight is 253 g/mol. The van der Waals surface area contributed by atoms with E-state index in [4.69, 9.17) is 5.21 Å². The molecular formula is C13H19NO2S. The van der Waals surface area contributed by atoms with Gasteiger partial charge in [-0.25, -0.2) is 5.48 Å². The van der Waals surface area contributed by atoms with E-state index in [9.17, 15) is 4.79 Å². The summed E-state index contributed by atoms with van der Waals surface area (Å²) in [5.74, 6) is -0.420. The van der Waals surface area contributed by atoms with Crippen LogP contribution < -0.4 is 5.48 Å². The summed E-state index contributed by atoms with van der Waals surface area (Å²) in [6.07, 6.45) is 4.92. The molecule has 0 aromatic heterocycles. The van der Waals surface area contributed by atoms with Crippen LogP contribution in [0.4, 0.5) is 0 Å². The minimum Gasteiger partial charge on any atom is -0.289 e. The van der Waals surface area contributed by atoms with Crippen molar-refractivity contribution < 1.29 is 10.0 Å². The van der Waals surface area contributed by atoms with Crippen LogP contribution in [0.1, 0.15) is 31.2 Å². The van der Waals surface area contributed by atoms with E-state index in [1.807, 2.05) is 18.2 Å². The van der Waals surface area contributed by atoms with Crippen LogP contribution in [0.5, 0.6) is 0 Å². The molecule has 1 unspecified atom stereocenters. The highest BCUT2D eigenvalue weighted by Crippen LogP contribution is 2.11. The van der Waals surface area contributed by atoms with Crippen molar-refractivity contribution in [2.24, 2.45) is 0 Å². The fraction of sp³-hybridized carbons (Fsp3) is 0.462. The molecule has 1 atom stereocenters. The van der Waals surface area contributed by atoms with Crippen LogP contribution in [-0.2, 0) is 11.2 Å². The van der Waals surface area contributed by atoms with Crippen molar-refractivity contribution in [3.8, 4) is 0 Å².